The van der Waals surface area contributed by atoms with Crippen LogP contribution in [-0.4, -0.2) is 37.3 Å². The molecule has 0 unspecified atom stereocenters. The van der Waals surface area contributed by atoms with Gasteiger partial charge in [0.25, 0.3) is 5.56 Å². The minimum atomic E-state index is -3.72. The van der Waals surface area contributed by atoms with E-state index in [1.54, 1.807) is 24.3 Å². The quantitative estimate of drug-likeness (QED) is 0.839. The van der Waals surface area contributed by atoms with Crippen LogP contribution in [0.5, 0.6) is 0 Å². The van der Waals surface area contributed by atoms with Gasteiger partial charge in [-0.1, -0.05) is 12.1 Å². The Morgan fingerprint density at radius 2 is 1.92 bits per heavy atom. The summed E-state index contributed by atoms with van der Waals surface area (Å²) in [6.07, 6.45) is 1.12. The maximum Gasteiger partial charge on any atom is 0.251 e. The highest BCUT2D eigenvalue weighted by Gasteiger charge is 2.18. The predicted molar refractivity (Wildman–Crippen MR) is 91.4 cm³/mol. The lowest BCUT2D eigenvalue weighted by molar-refractivity contribution is -0.116. The van der Waals surface area contributed by atoms with Crippen LogP contribution >= 0.6 is 0 Å². The molecular formula is C16H16N4O4S. The molecule has 1 aromatic carbocycles. The number of benzene rings is 1. The van der Waals surface area contributed by atoms with Gasteiger partial charge in [0, 0.05) is 26.4 Å². The zero-order valence-electron chi connectivity index (χ0n) is 13.6. The molecule has 0 fully saturated rings. The summed E-state index contributed by atoms with van der Waals surface area (Å²) in [4.78, 5) is 24.0. The van der Waals surface area contributed by atoms with Crippen molar-refractivity contribution >= 4 is 21.6 Å². The van der Waals surface area contributed by atoms with E-state index in [0.717, 1.165) is 21.1 Å². The van der Waals surface area contributed by atoms with Crippen molar-refractivity contribution in [2.75, 3.05) is 19.4 Å². The number of nitrogens with zero attached hydrogens (tertiary/aromatic N) is 3. The first kappa shape index (κ1) is 18.4. The maximum atomic E-state index is 12.2. The third-order valence-electron chi connectivity index (χ3n) is 3.37. The minimum absolute atomic E-state index is 0.0951. The number of nitriles is 1. The van der Waals surface area contributed by atoms with Crippen LogP contribution in [0.25, 0.3) is 0 Å². The topological polar surface area (TPSA) is 112 Å². The number of hydrogen-bond donors (Lipinski definition) is 1. The summed E-state index contributed by atoms with van der Waals surface area (Å²) >= 11 is 0. The summed E-state index contributed by atoms with van der Waals surface area (Å²) in [5.74, 6) is -0.552. The largest absolute Gasteiger partial charge is 0.323 e. The molecule has 25 heavy (non-hydrogen) atoms. The zero-order valence-corrected chi connectivity index (χ0v) is 14.4. The van der Waals surface area contributed by atoms with Crippen molar-refractivity contribution in [1.82, 2.24) is 8.87 Å². The van der Waals surface area contributed by atoms with Crippen LogP contribution in [0, 0.1) is 11.3 Å². The molecule has 8 nitrogen and oxygen atoms in total. The SMILES string of the molecule is CN(C)S(=O)(=O)c1ccc(=O)n(CC(=O)Nc2ccccc2C#N)c1. The Morgan fingerprint density at radius 1 is 1.24 bits per heavy atom. The Morgan fingerprint density at radius 3 is 2.56 bits per heavy atom. The van der Waals surface area contributed by atoms with Crippen molar-refractivity contribution in [3.8, 4) is 6.07 Å². The van der Waals surface area contributed by atoms with Crippen LogP contribution in [-0.2, 0) is 21.4 Å². The van der Waals surface area contributed by atoms with Crippen LogP contribution in [0.15, 0.2) is 52.3 Å². The van der Waals surface area contributed by atoms with Gasteiger partial charge in [-0.15, -0.1) is 0 Å². The van der Waals surface area contributed by atoms with E-state index in [9.17, 15) is 18.0 Å². The van der Waals surface area contributed by atoms with E-state index in [-0.39, 0.29) is 17.0 Å². The Labute approximate surface area is 145 Å². The number of anilines is 1. The first-order valence-corrected chi connectivity index (χ1v) is 8.61. The van der Waals surface area contributed by atoms with Crippen LogP contribution in [0.4, 0.5) is 5.69 Å². The molecular weight excluding hydrogens is 344 g/mol. The number of aromatic nitrogens is 1. The van der Waals surface area contributed by atoms with Crippen LogP contribution in [0.3, 0.4) is 0 Å². The van der Waals surface area contributed by atoms with Crippen molar-refractivity contribution < 1.29 is 13.2 Å². The summed E-state index contributed by atoms with van der Waals surface area (Å²) in [5.41, 5.74) is 0.0914. The third kappa shape index (κ3) is 4.12. The first-order valence-electron chi connectivity index (χ1n) is 7.17. The number of amides is 1. The first-order chi connectivity index (χ1) is 11.8. The van der Waals surface area contributed by atoms with Gasteiger partial charge in [0.2, 0.25) is 15.9 Å². The molecule has 2 rings (SSSR count). The highest BCUT2D eigenvalue weighted by atomic mass is 32.2. The number of para-hydroxylation sites is 1. The molecule has 0 aliphatic heterocycles. The van der Waals surface area contributed by atoms with Gasteiger partial charge < -0.3 is 9.88 Å². The molecule has 0 atom stereocenters. The Hall–Kier alpha value is -2.96. The van der Waals surface area contributed by atoms with E-state index in [4.69, 9.17) is 5.26 Å². The van der Waals surface area contributed by atoms with E-state index in [2.05, 4.69) is 5.32 Å². The second-order valence-corrected chi connectivity index (χ2v) is 7.48. The fraction of sp³-hybridized carbons (Fsp3) is 0.188. The lowest BCUT2D eigenvalue weighted by Crippen LogP contribution is -2.29. The normalized spacial score (nSPS) is 11.1. The van der Waals surface area contributed by atoms with Gasteiger partial charge in [-0.25, -0.2) is 12.7 Å². The number of nitrogens with one attached hydrogen (secondary N) is 1. The number of hydrogen-bond acceptors (Lipinski definition) is 5. The van der Waals surface area contributed by atoms with Gasteiger partial charge >= 0.3 is 0 Å². The Bertz CT molecular complexity index is 1000. The molecule has 0 saturated heterocycles. The molecule has 0 aliphatic rings. The number of carbonyl (C=O) groups is 1. The lowest BCUT2D eigenvalue weighted by atomic mass is 10.2. The molecule has 2 aromatic rings. The van der Waals surface area contributed by atoms with Gasteiger partial charge in [0.05, 0.1) is 16.1 Å². The molecule has 0 radical (unpaired) electrons. The highest BCUT2D eigenvalue weighted by molar-refractivity contribution is 7.89. The molecule has 1 amide bonds. The van der Waals surface area contributed by atoms with Crippen molar-refractivity contribution in [3.63, 3.8) is 0 Å². The minimum Gasteiger partial charge on any atom is -0.323 e. The molecule has 1 N–H and O–H groups in total. The summed E-state index contributed by atoms with van der Waals surface area (Å²) in [6, 6.07) is 10.7. The number of carbonyl (C=O) groups excluding carboxylic acids is 1. The zero-order chi connectivity index (χ0) is 18.6. The standard InChI is InChI=1S/C16H16N4O4S/c1-19(2)25(23,24)13-7-8-16(22)20(10-13)11-15(21)18-14-6-4-3-5-12(14)9-17/h3-8,10H,11H2,1-2H3,(H,18,21). The second-order valence-electron chi connectivity index (χ2n) is 5.32. The number of pyridine rings is 1. The van der Waals surface area contributed by atoms with Gasteiger partial charge in [-0.05, 0) is 18.2 Å². The Balaban J connectivity index is 2.27. The Kier molecular flexibility index (Phi) is 5.36. The van der Waals surface area contributed by atoms with E-state index in [0.29, 0.717) is 5.69 Å². The molecule has 1 aromatic heterocycles. The van der Waals surface area contributed by atoms with Crippen molar-refractivity contribution in [2.45, 2.75) is 11.4 Å². The molecule has 0 bridgehead atoms. The fourth-order valence-corrected chi connectivity index (χ4v) is 2.95. The highest BCUT2D eigenvalue weighted by Crippen LogP contribution is 2.14. The molecule has 0 aliphatic carbocycles. The summed E-state index contributed by atoms with van der Waals surface area (Å²) in [6.45, 7) is -0.380. The van der Waals surface area contributed by atoms with Crippen molar-refractivity contribution in [2.24, 2.45) is 0 Å². The average Bonchev–Trinajstić information content (AvgIpc) is 2.57. The monoisotopic (exact) mass is 360 g/mol. The lowest BCUT2D eigenvalue weighted by Gasteiger charge is -2.13. The maximum absolute atomic E-state index is 12.2. The molecule has 9 heteroatoms. The summed E-state index contributed by atoms with van der Waals surface area (Å²) in [5, 5.41) is 11.6. The van der Waals surface area contributed by atoms with Crippen LogP contribution in [0.1, 0.15) is 5.56 Å². The van der Waals surface area contributed by atoms with Gasteiger partial charge in [-0.3, -0.25) is 9.59 Å². The van der Waals surface area contributed by atoms with Gasteiger partial charge in [0.15, 0.2) is 0 Å². The molecule has 0 spiro atoms. The fourth-order valence-electron chi connectivity index (χ4n) is 2.03. The summed E-state index contributed by atoms with van der Waals surface area (Å²) < 4.78 is 26.3. The van der Waals surface area contributed by atoms with Crippen molar-refractivity contribution in [1.29, 1.82) is 5.26 Å². The second kappa shape index (κ2) is 7.29. The van der Waals surface area contributed by atoms with Crippen LogP contribution < -0.4 is 10.9 Å². The smallest absolute Gasteiger partial charge is 0.251 e. The van der Waals surface area contributed by atoms with Gasteiger partial charge in [-0.2, -0.15) is 5.26 Å². The molecule has 130 valence electrons. The van der Waals surface area contributed by atoms with Crippen LogP contribution in [0.2, 0.25) is 0 Å². The average molecular weight is 360 g/mol. The molecule has 0 saturated carbocycles. The number of sulfonamides is 1. The summed E-state index contributed by atoms with van der Waals surface area (Å²) in [7, 11) is -0.980. The van der Waals surface area contributed by atoms with E-state index in [1.807, 2.05) is 6.07 Å². The van der Waals surface area contributed by atoms with Crippen molar-refractivity contribution in [3.05, 3.63) is 58.5 Å². The number of rotatable bonds is 5. The van der Waals surface area contributed by atoms with Gasteiger partial charge in [0.1, 0.15) is 12.6 Å². The predicted octanol–water partition coefficient (Wildman–Crippen LogP) is 0.609. The molecule has 1 heterocycles. The van der Waals surface area contributed by atoms with E-state index in [1.165, 1.54) is 20.2 Å². The van der Waals surface area contributed by atoms with E-state index >= 15 is 0 Å². The third-order valence-corrected chi connectivity index (χ3v) is 5.17. The van der Waals surface area contributed by atoms with E-state index < -0.39 is 21.5 Å².